The first-order valence-corrected chi connectivity index (χ1v) is 9.20. The fraction of sp³-hybridized carbons (Fsp3) is 0.895. The Morgan fingerprint density at radius 3 is 2.00 bits per heavy atom. The highest BCUT2D eigenvalue weighted by molar-refractivity contribution is 5.82. The van der Waals surface area contributed by atoms with E-state index in [0.29, 0.717) is 12.0 Å². The maximum atomic E-state index is 12.5. The summed E-state index contributed by atoms with van der Waals surface area (Å²) >= 11 is 0. The van der Waals surface area contributed by atoms with Crippen LogP contribution in [0.1, 0.15) is 79.6 Å². The first kappa shape index (κ1) is 18.3. The molecule has 0 radical (unpaired) electrons. The molecule has 0 aromatic carbocycles. The van der Waals surface area contributed by atoms with Gasteiger partial charge in [0.15, 0.2) is 0 Å². The average molecular weight is 322 g/mol. The van der Waals surface area contributed by atoms with Gasteiger partial charge in [-0.15, -0.1) is 0 Å². The van der Waals surface area contributed by atoms with Crippen molar-refractivity contribution in [2.24, 2.45) is 16.7 Å². The van der Waals surface area contributed by atoms with Crippen LogP contribution >= 0.6 is 0 Å². The molecule has 23 heavy (non-hydrogen) atoms. The second kappa shape index (κ2) is 6.82. The SMILES string of the molecule is CC(C)(C)C(=O)NC1CCC(CC(C)(C)C(=O)NC2CCC2)C1. The van der Waals surface area contributed by atoms with Gasteiger partial charge in [-0.25, -0.2) is 0 Å². The maximum absolute atomic E-state index is 12.5. The number of carbonyl (C=O) groups excluding carboxylic acids is 2. The van der Waals surface area contributed by atoms with E-state index in [2.05, 4.69) is 24.5 Å². The number of hydrogen-bond acceptors (Lipinski definition) is 2. The van der Waals surface area contributed by atoms with Gasteiger partial charge in [0.2, 0.25) is 11.8 Å². The highest BCUT2D eigenvalue weighted by atomic mass is 16.2. The van der Waals surface area contributed by atoms with E-state index in [9.17, 15) is 9.59 Å². The Morgan fingerprint density at radius 1 is 0.870 bits per heavy atom. The molecule has 2 saturated carbocycles. The Kier molecular flexibility index (Phi) is 5.42. The maximum Gasteiger partial charge on any atom is 0.225 e. The molecule has 132 valence electrons. The monoisotopic (exact) mass is 322 g/mol. The Labute approximate surface area is 141 Å². The van der Waals surface area contributed by atoms with Crippen molar-refractivity contribution in [3.8, 4) is 0 Å². The van der Waals surface area contributed by atoms with Crippen LogP contribution in [-0.4, -0.2) is 23.9 Å². The molecule has 4 nitrogen and oxygen atoms in total. The van der Waals surface area contributed by atoms with Crippen LogP contribution in [0.15, 0.2) is 0 Å². The van der Waals surface area contributed by atoms with Crippen molar-refractivity contribution in [1.29, 1.82) is 0 Å². The average Bonchev–Trinajstić information content (AvgIpc) is 2.78. The normalized spacial score (nSPS) is 25.8. The van der Waals surface area contributed by atoms with Crippen molar-refractivity contribution in [3.63, 3.8) is 0 Å². The van der Waals surface area contributed by atoms with Gasteiger partial charge in [0, 0.05) is 22.9 Å². The zero-order chi connectivity index (χ0) is 17.3. The third kappa shape index (κ3) is 4.95. The van der Waals surface area contributed by atoms with Crippen LogP contribution in [0.25, 0.3) is 0 Å². The van der Waals surface area contributed by atoms with Crippen LogP contribution in [0, 0.1) is 16.7 Å². The molecule has 0 saturated heterocycles. The quantitative estimate of drug-likeness (QED) is 0.815. The molecule has 0 aliphatic heterocycles. The van der Waals surface area contributed by atoms with Crippen LogP contribution in [0.2, 0.25) is 0 Å². The molecule has 2 N–H and O–H groups in total. The Morgan fingerprint density at radius 2 is 1.48 bits per heavy atom. The van der Waals surface area contributed by atoms with Crippen molar-refractivity contribution in [3.05, 3.63) is 0 Å². The first-order valence-electron chi connectivity index (χ1n) is 9.20. The summed E-state index contributed by atoms with van der Waals surface area (Å²) in [5.74, 6) is 0.858. The number of rotatable bonds is 5. The zero-order valence-corrected chi connectivity index (χ0v) is 15.5. The molecule has 2 rings (SSSR count). The van der Waals surface area contributed by atoms with E-state index in [4.69, 9.17) is 0 Å². The van der Waals surface area contributed by atoms with Crippen LogP contribution < -0.4 is 10.6 Å². The van der Waals surface area contributed by atoms with E-state index in [1.165, 1.54) is 6.42 Å². The molecule has 4 heteroatoms. The Balaban J connectivity index is 1.79. The molecule has 2 fully saturated rings. The molecule has 2 unspecified atom stereocenters. The van der Waals surface area contributed by atoms with Crippen molar-refractivity contribution in [2.45, 2.75) is 91.6 Å². The van der Waals surface area contributed by atoms with Gasteiger partial charge < -0.3 is 10.6 Å². The second-order valence-corrected chi connectivity index (χ2v) is 9.29. The van der Waals surface area contributed by atoms with Crippen molar-refractivity contribution >= 4 is 11.8 Å². The first-order chi connectivity index (χ1) is 10.6. The summed E-state index contributed by atoms with van der Waals surface area (Å²) in [5, 5.41) is 6.36. The molecule has 2 aliphatic rings. The van der Waals surface area contributed by atoms with Crippen LogP contribution in [0.4, 0.5) is 0 Å². The van der Waals surface area contributed by atoms with Crippen LogP contribution in [0.3, 0.4) is 0 Å². The lowest BCUT2D eigenvalue weighted by Gasteiger charge is -2.33. The lowest BCUT2D eigenvalue weighted by Crippen LogP contribution is -2.46. The number of nitrogens with one attached hydrogen (secondary N) is 2. The van der Waals surface area contributed by atoms with Gasteiger partial charge in [0.25, 0.3) is 0 Å². The van der Waals surface area contributed by atoms with Crippen molar-refractivity contribution in [2.75, 3.05) is 0 Å². The van der Waals surface area contributed by atoms with Gasteiger partial charge in [0.1, 0.15) is 0 Å². The second-order valence-electron chi connectivity index (χ2n) is 9.29. The molecule has 0 aromatic heterocycles. The topological polar surface area (TPSA) is 58.2 Å². The third-order valence-corrected chi connectivity index (χ3v) is 5.41. The minimum absolute atomic E-state index is 0.130. The van der Waals surface area contributed by atoms with Crippen LogP contribution in [0.5, 0.6) is 0 Å². The minimum atomic E-state index is -0.333. The van der Waals surface area contributed by atoms with E-state index in [-0.39, 0.29) is 28.7 Å². The lowest BCUT2D eigenvalue weighted by atomic mass is 9.80. The summed E-state index contributed by atoms with van der Waals surface area (Å²) in [4.78, 5) is 24.6. The summed E-state index contributed by atoms with van der Waals surface area (Å²) in [6.45, 7) is 9.96. The van der Waals surface area contributed by atoms with Gasteiger partial charge in [-0.1, -0.05) is 34.6 Å². The summed E-state index contributed by atoms with van der Waals surface area (Å²) in [7, 11) is 0. The van der Waals surface area contributed by atoms with Crippen LogP contribution in [-0.2, 0) is 9.59 Å². The minimum Gasteiger partial charge on any atom is -0.353 e. The molecular weight excluding hydrogens is 288 g/mol. The smallest absolute Gasteiger partial charge is 0.225 e. The van der Waals surface area contributed by atoms with E-state index in [0.717, 1.165) is 38.5 Å². The number of carbonyl (C=O) groups is 2. The molecule has 2 amide bonds. The largest absolute Gasteiger partial charge is 0.353 e. The fourth-order valence-corrected chi connectivity index (χ4v) is 3.54. The molecule has 2 atom stereocenters. The van der Waals surface area contributed by atoms with E-state index in [1.807, 2.05) is 20.8 Å². The summed E-state index contributed by atoms with van der Waals surface area (Å²) in [6.07, 6.45) is 7.55. The predicted molar refractivity (Wildman–Crippen MR) is 92.9 cm³/mol. The zero-order valence-electron chi connectivity index (χ0n) is 15.5. The van der Waals surface area contributed by atoms with Gasteiger partial charge in [0.05, 0.1) is 0 Å². The standard InChI is InChI=1S/C19H34N2O2/c1-18(2,3)16(22)21-15-10-9-13(11-15)12-19(4,5)17(23)20-14-7-6-8-14/h13-15H,6-12H2,1-5H3,(H,20,23)(H,21,22). The third-order valence-electron chi connectivity index (χ3n) is 5.41. The fourth-order valence-electron chi connectivity index (χ4n) is 3.54. The molecule has 0 spiro atoms. The molecule has 0 bridgehead atoms. The highest BCUT2D eigenvalue weighted by Crippen LogP contribution is 2.36. The van der Waals surface area contributed by atoms with E-state index in [1.54, 1.807) is 0 Å². The van der Waals surface area contributed by atoms with Gasteiger partial charge in [-0.2, -0.15) is 0 Å². The summed E-state index contributed by atoms with van der Waals surface area (Å²) in [6, 6.07) is 0.682. The predicted octanol–water partition coefficient (Wildman–Crippen LogP) is 3.40. The van der Waals surface area contributed by atoms with Gasteiger partial charge >= 0.3 is 0 Å². The van der Waals surface area contributed by atoms with Gasteiger partial charge in [-0.05, 0) is 50.9 Å². The molecule has 0 aromatic rings. The summed E-state index contributed by atoms with van der Waals surface area (Å²) < 4.78 is 0. The van der Waals surface area contributed by atoms with E-state index >= 15 is 0 Å². The van der Waals surface area contributed by atoms with E-state index < -0.39 is 0 Å². The Hall–Kier alpha value is -1.06. The molecular formula is C19H34N2O2. The molecule has 2 aliphatic carbocycles. The highest BCUT2D eigenvalue weighted by Gasteiger charge is 2.37. The molecule has 0 heterocycles. The van der Waals surface area contributed by atoms with Crippen molar-refractivity contribution < 1.29 is 9.59 Å². The number of hydrogen-bond donors (Lipinski definition) is 2. The van der Waals surface area contributed by atoms with Crippen molar-refractivity contribution in [1.82, 2.24) is 10.6 Å². The number of amides is 2. The lowest BCUT2D eigenvalue weighted by molar-refractivity contribution is -0.132. The summed E-state index contributed by atoms with van der Waals surface area (Å²) in [5.41, 5.74) is -0.650. The Bertz CT molecular complexity index is 447. The van der Waals surface area contributed by atoms with Gasteiger partial charge in [-0.3, -0.25) is 9.59 Å².